The van der Waals surface area contributed by atoms with Crippen LogP contribution in [-0.2, 0) is 4.79 Å². The topological polar surface area (TPSA) is 49.6 Å². The lowest BCUT2D eigenvalue weighted by molar-refractivity contribution is -0.117. The highest BCUT2D eigenvalue weighted by Gasteiger charge is 2.19. The molecule has 2 N–H and O–H groups in total. The lowest BCUT2D eigenvalue weighted by Crippen LogP contribution is -2.39. The van der Waals surface area contributed by atoms with Gasteiger partial charge in [-0.25, -0.2) is 0 Å². The summed E-state index contributed by atoms with van der Waals surface area (Å²) in [5.41, 5.74) is 5.74. The van der Waals surface area contributed by atoms with Crippen LogP contribution in [0.1, 0.15) is 0 Å². The smallest absolute Gasteiger partial charge is 0.267 e. The molecule has 0 atom stereocenters. The van der Waals surface area contributed by atoms with Gasteiger partial charge in [0.25, 0.3) is 5.91 Å². The Hall–Kier alpha value is -1.97. The number of nitrogens with two attached hydrogens (primary N) is 1. The Kier molecular flexibility index (Phi) is 2.10. The molecule has 2 aliphatic heterocycles. The Balaban J connectivity index is 2.32. The van der Waals surface area contributed by atoms with E-state index in [1.807, 2.05) is 41.7 Å². The normalized spacial score (nSPS) is 19.0. The highest BCUT2D eigenvalue weighted by Crippen LogP contribution is 2.16. The summed E-state index contributed by atoms with van der Waals surface area (Å²) in [7, 11) is 0. The highest BCUT2D eigenvalue weighted by atomic mass is 16.1. The average Bonchev–Trinajstić information content (AvgIpc) is 2.41. The highest BCUT2D eigenvalue weighted by molar-refractivity contribution is 5.91. The minimum Gasteiger partial charge on any atom is -0.364 e. The third kappa shape index (κ3) is 1.42. The van der Waals surface area contributed by atoms with Gasteiger partial charge in [-0.1, -0.05) is 12.2 Å². The van der Waals surface area contributed by atoms with Gasteiger partial charge in [-0.3, -0.25) is 14.8 Å². The minimum atomic E-state index is -0.425. The van der Waals surface area contributed by atoms with Gasteiger partial charge >= 0.3 is 0 Å². The van der Waals surface area contributed by atoms with Gasteiger partial charge < -0.3 is 5.73 Å². The molecule has 4 nitrogen and oxygen atoms in total. The van der Waals surface area contributed by atoms with E-state index in [0.717, 1.165) is 6.54 Å². The molecule has 72 valence electrons. The van der Waals surface area contributed by atoms with Crippen LogP contribution in [0.2, 0.25) is 0 Å². The van der Waals surface area contributed by atoms with Crippen LogP contribution in [0.3, 0.4) is 0 Å². The molecule has 0 spiro atoms. The first-order chi connectivity index (χ1) is 6.79. The standard InChI is InChI=1S/C10H11N3O/c11-10(14)9-5-4-7-12-6-2-1-3-8-13(9)12/h1-5,7-8H,6H2,(H2,11,14). The number of allylic oxidation sites excluding steroid dienone is 4. The van der Waals surface area contributed by atoms with E-state index in [2.05, 4.69) is 0 Å². The number of amides is 1. The summed E-state index contributed by atoms with van der Waals surface area (Å²) < 4.78 is 0. The number of fused-ring (bicyclic) bond motifs is 1. The van der Waals surface area contributed by atoms with Crippen LogP contribution >= 0.6 is 0 Å². The maximum atomic E-state index is 11.1. The number of carbonyl (C=O) groups excluding carboxylic acids is 1. The second-order valence-corrected chi connectivity index (χ2v) is 2.99. The number of hydrogen-bond donors (Lipinski definition) is 1. The van der Waals surface area contributed by atoms with Crippen LogP contribution in [0, 0.1) is 0 Å². The van der Waals surface area contributed by atoms with Crippen LogP contribution < -0.4 is 5.73 Å². The van der Waals surface area contributed by atoms with Gasteiger partial charge in [0.1, 0.15) is 5.70 Å². The first-order valence-corrected chi connectivity index (χ1v) is 4.36. The molecule has 0 unspecified atom stereocenters. The molecular weight excluding hydrogens is 178 g/mol. The van der Waals surface area contributed by atoms with Crippen molar-refractivity contribution >= 4 is 5.91 Å². The van der Waals surface area contributed by atoms with Crippen LogP contribution in [0.5, 0.6) is 0 Å². The van der Waals surface area contributed by atoms with Crippen LogP contribution in [-0.4, -0.2) is 22.5 Å². The van der Waals surface area contributed by atoms with E-state index in [0.29, 0.717) is 5.70 Å². The van der Waals surface area contributed by atoms with Gasteiger partial charge in [0.05, 0.1) is 6.54 Å². The number of rotatable bonds is 1. The number of carbonyl (C=O) groups is 1. The van der Waals surface area contributed by atoms with Crippen molar-refractivity contribution in [3.8, 4) is 0 Å². The third-order valence-corrected chi connectivity index (χ3v) is 2.06. The maximum Gasteiger partial charge on any atom is 0.267 e. The second kappa shape index (κ2) is 3.41. The number of hydrazine groups is 1. The number of hydrogen-bond acceptors (Lipinski definition) is 3. The molecule has 0 aromatic carbocycles. The van der Waals surface area contributed by atoms with E-state index in [-0.39, 0.29) is 0 Å². The molecule has 0 bridgehead atoms. The Morgan fingerprint density at radius 2 is 2.14 bits per heavy atom. The van der Waals surface area contributed by atoms with E-state index in [9.17, 15) is 4.79 Å². The molecule has 0 saturated heterocycles. The van der Waals surface area contributed by atoms with E-state index in [4.69, 9.17) is 5.73 Å². The minimum absolute atomic E-state index is 0.425. The Morgan fingerprint density at radius 1 is 1.29 bits per heavy atom. The lowest BCUT2D eigenvalue weighted by atomic mass is 10.3. The molecule has 1 amide bonds. The first kappa shape index (κ1) is 8.62. The fourth-order valence-corrected chi connectivity index (χ4v) is 1.41. The summed E-state index contributed by atoms with van der Waals surface area (Å²) in [6.45, 7) is 0.730. The molecule has 0 fully saturated rings. The summed E-state index contributed by atoms with van der Waals surface area (Å²) in [6, 6.07) is 0. The van der Waals surface area contributed by atoms with Crippen LogP contribution in [0.4, 0.5) is 0 Å². The van der Waals surface area contributed by atoms with Gasteiger partial charge in [-0.2, -0.15) is 0 Å². The quantitative estimate of drug-likeness (QED) is 0.653. The molecule has 0 aliphatic carbocycles. The summed E-state index contributed by atoms with van der Waals surface area (Å²) in [5, 5.41) is 3.64. The average molecular weight is 189 g/mol. The van der Waals surface area contributed by atoms with E-state index >= 15 is 0 Å². The number of nitrogens with zero attached hydrogens (tertiary/aromatic N) is 2. The first-order valence-electron chi connectivity index (χ1n) is 4.36. The Labute approximate surface area is 82.2 Å². The third-order valence-electron chi connectivity index (χ3n) is 2.06. The van der Waals surface area contributed by atoms with Gasteiger partial charge in [-0.05, 0) is 18.2 Å². The molecule has 4 heteroatoms. The van der Waals surface area contributed by atoms with Gasteiger partial charge in [0.2, 0.25) is 0 Å². The van der Waals surface area contributed by atoms with Crippen molar-refractivity contribution in [3.05, 3.63) is 48.5 Å². The molecule has 0 saturated carbocycles. The van der Waals surface area contributed by atoms with Crippen molar-refractivity contribution < 1.29 is 4.79 Å². The van der Waals surface area contributed by atoms with E-state index in [1.165, 1.54) is 0 Å². The summed E-state index contributed by atoms with van der Waals surface area (Å²) in [5.74, 6) is -0.425. The van der Waals surface area contributed by atoms with Gasteiger partial charge in [0, 0.05) is 12.4 Å². The lowest BCUT2D eigenvalue weighted by Gasteiger charge is -2.34. The summed E-state index contributed by atoms with van der Waals surface area (Å²) in [6.07, 6.45) is 13.0. The van der Waals surface area contributed by atoms with E-state index in [1.54, 1.807) is 11.1 Å². The molecular formula is C10H11N3O. The van der Waals surface area contributed by atoms with Crippen LogP contribution in [0.15, 0.2) is 48.5 Å². The summed E-state index contributed by atoms with van der Waals surface area (Å²) >= 11 is 0. The number of primary amides is 1. The zero-order valence-electron chi connectivity index (χ0n) is 7.63. The van der Waals surface area contributed by atoms with Crippen molar-refractivity contribution in [3.63, 3.8) is 0 Å². The van der Waals surface area contributed by atoms with Crippen molar-refractivity contribution in [2.45, 2.75) is 0 Å². The van der Waals surface area contributed by atoms with Crippen molar-refractivity contribution in [1.82, 2.24) is 10.0 Å². The zero-order valence-corrected chi connectivity index (χ0v) is 7.63. The predicted octanol–water partition coefficient (Wildman–Crippen LogP) is 0.485. The van der Waals surface area contributed by atoms with Gasteiger partial charge in [-0.15, -0.1) is 0 Å². The molecule has 0 radical (unpaired) electrons. The van der Waals surface area contributed by atoms with Crippen molar-refractivity contribution in [1.29, 1.82) is 0 Å². The molecule has 14 heavy (non-hydrogen) atoms. The molecule has 0 aromatic heterocycles. The largest absolute Gasteiger partial charge is 0.364 e. The Morgan fingerprint density at radius 3 is 2.93 bits per heavy atom. The Bertz CT molecular complexity index is 366. The zero-order chi connectivity index (χ0) is 9.97. The SMILES string of the molecule is NC(=O)C1=CC=CN2CC=CC=CN12. The fourth-order valence-electron chi connectivity index (χ4n) is 1.41. The molecule has 2 rings (SSSR count). The second-order valence-electron chi connectivity index (χ2n) is 2.99. The summed E-state index contributed by atoms with van der Waals surface area (Å²) in [4.78, 5) is 11.1. The van der Waals surface area contributed by atoms with Crippen LogP contribution in [0.25, 0.3) is 0 Å². The van der Waals surface area contributed by atoms with Gasteiger partial charge in [0.15, 0.2) is 0 Å². The van der Waals surface area contributed by atoms with Crippen molar-refractivity contribution in [2.24, 2.45) is 5.73 Å². The molecule has 2 heterocycles. The molecule has 0 aromatic rings. The predicted molar refractivity (Wildman–Crippen MR) is 53.2 cm³/mol. The van der Waals surface area contributed by atoms with Crippen molar-refractivity contribution in [2.75, 3.05) is 6.54 Å². The van der Waals surface area contributed by atoms with E-state index < -0.39 is 5.91 Å². The fraction of sp³-hybridized carbons (Fsp3) is 0.100. The molecule has 2 aliphatic rings. The monoisotopic (exact) mass is 189 g/mol. The maximum absolute atomic E-state index is 11.1.